The molecule has 6 heteroatoms. The lowest BCUT2D eigenvalue weighted by atomic mass is 10.1. The van der Waals surface area contributed by atoms with E-state index in [1.807, 2.05) is 60.7 Å². The van der Waals surface area contributed by atoms with Gasteiger partial charge in [-0.05, 0) is 24.0 Å². The molecule has 0 fully saturated rings. The van der Waals surface area contributed by atoms with Crippen molar-refractivity contribution in [2.45, 2.75) is 31.7 Å². The van der Waals surface area contributed by atoms with Crippen molar-refractivity contribution in [3.63, 3.8) is 0 Å². The zero-order valence-corrected chi connectivity index (χ0v) is 15.1. The maximum Gasteiger partial charge on any atom is 0.328 e. The van der Waals surface area contributed by atoms with E-state index < -0.39 is 12.0 Å². The zero-order chi connectivity index (χ0) is 19.5. The molecule has 0 bridgehead atoms. The molecule has 0 radical (unpaired) electrons. The SMILES string of the molecule is O=C(CCc1ccccc1)NC[C@H](NC(=O)CCc1ccccc1)C(=O)O. The Bertz CT molecular complexity index is 747. The molecule has 6 nitrogen and oxygen atoms in total. The normalized spacial score (nSPS) is 11.4. The Labute approximate surface area is 158 Å². The molecule has 2 aromatic rings. The first-order valence-corrected chi connectivity index (χ1v) is 8.91. The van der Waals surface area contributed by atoms with Gasteiger partial charge in [0.1, 0.15) is 6.04 Å². The Morgan fingerprint density at radius 3 is 1.74 bits per heavy atom. The minimum absolute atomic E-state index is 0.139. The molecule has 0 saturated carbocycles. The number of carbonyl (C=O) groups is 3. The van der Waals surface area contributed by atoms with Gasteiger partial charge in [-0.1, -0.05) is 60.7 Å². The predicted octanol–water partition coefficient (Wildman–Crippen LogP) is 1.94. The van der Waals surface area contributed by atoms with Crippen LogP contribution in [0.5, 0.6) is 0 Å². The van der Waals surface area contributed by atoms with E-state index >= 15 is 0 Å². The lowest BCUT2D eigenvalue weighted by Crippen LogP contribution is -2.48. The van der Waals surface area contributed by atoms with E-state index in [-0.39, 0.29) is 31.2 Å². The lowest BCUT2D eigenvalue weighted by Gasteiger charge is -2.15. The molecule has 0 aromatic heterocycles. The number of benzene rings is 2. The second-order valence-electron chi connectivity index (χ2n) is 6.23. The number of carboxylic acid groups (broad SMARTS) is 1. The molecule has 0 aliphatic heterocycles. The van der Waals surface area contributed by atoms with Gasteiger partial charge in [0.05, 0.1) is 0 Å². The highest BCUT2D eigenvalue weighted by Gasteiger charge is 2.20. The second kappa shape index (κ2) is 10.8. The number of rotatable bonds is 10. The number of carboxylic acids is 1. The molecule has 3 N–H and O–H groups in total. The van der Waals surface area contributed by atoms with E-state index in [1.54, 1.807) is 0 Å². The first-order chi connectivity index (χ1) is 13.0. The molecule has 2 rings (SSSR count). The molecule has 1 atom stereocenters. The number of aryl methyl sites for hydroxylation is 2. The summed E-state index contributed by atoms with van der Waals surface area (Å²) >= 11 is 0. The third-order valence-electron chi connectivity index (χ3n) is 4.10. The molecule has 0 aliphatic carbocycles. The van der Waals surface area contributed by atoms with Crippen LogP contribution in [-0.2, 0) is 27.2 Å². The first-order valence-electron chi connectivity index (χ1n) is 8.91. The van der Waals surface area contributed by atoms with Crippen LogP contribution >= 0.6 is 0 Å². The highest BCUT2D eigenvalue weighted by atomic mass is 16.4. The molecule has 2 aromatic carbocycles. The highest BCUT2D eigenvalue weighted by Crippen LogP contribution is 2.03. The summed E-state index contributed by atoms with van der Waals surface area (Å²) in [7, 11) is 0. The van der Waals surface area contributed by atoms with Gasteiger partial charge in [-0.15, -0.1) is 0 Å². The molecule has 0 aliphatic rings. The summed E-state index contributed by atoms with van der Waals surface area (Å²) in [4.78, 5) is 35.3. The fourth-order valence-electron chi connectivity index (χ4n) is 2.58. The standard InChI is InChI=1S/C21H24N2O4/c24-19(13-11-16-7-3-1-4-8-16)22-15-18(21(26)27)23-20(25)14-12-17-9-5-2-6-10-17/h1-10,18H,11-15H2,(H,22,24)(H,23,25)(H,26,27)/t18-/m0/s1. The minimum Gasteiger partial charge on any atom is -0.480 e. The fraction of sp³-hybridized carbons (Fsp3) is 0.286. The number of amides is 2. The number of hydrogen-bond donors (Lipinski definition) is 3. The quantitative estimate of drug-likeness (QED) is 0.597. The van der Waals surface area contributed by atoms with Crippen LogP contribution in [0.15, 0.2) is 60.7 Å². The smallest absolute Gasteiger partial charge is 0.328 e. The Balaban J connectivity index is 1.73. The second-order valence-corrected chi connectivity index (χ2v) is 6.23. The highest BCUT2D eigenvalue weighted by molar-refractivity contribution is 5.84. The van der Waals surface area contributed by atoms with Gasteiger partial charge in [0.2, 0.25) is 11.8 Å². The molecular weight excluding hydrogens is 344 g/mol. The number of carbonyl (C=O) groups excluding carboxylic acids is 2. The first kappa shape index (κ1) is 20.2. The van der Waals surface area contributed by atoms with Crippen molar-refractivity contribution < 1.29 is 19.5 Å². The minimum atomic E-state index is -1.17. The van der Waals surface area contributed by atoms with Gasteiger partial charge in [0.25, 0.3) is 0 Å². The topological polar surface area (TPSA) is 95.5 Å². The van der Waals surface area contributed by atoms with Crippen molar-refractivity contribution in [3.05, 3.63) is 71.8 Å². The van der Waals surface area contributed by atoms with Crippen LogP contribution in [0.2, 0.25) is 0 Å². The van der Waals surface area contributed by atoms with Crippen molar-refractivity contribution >= 4 is 17.8 Å². The molecular formula is C21H24N2O4. The van der Waals surface area contributed by atoms with Crippen LogP contribution in [-0.4, -0.2) is 35.5 Å². The van der Waals surface area contributed by atoms with Gasteiger partial charge in [-0.2, -0.15) is 0 Å². The molecule has 0 heterocycles. The van der Waals surface area contributed by atoms with Crippen LogP contribution in [0.25, 0.3) is 0 Å². The molecule has 0 unspecified atom stereocenters. The summed E-state index contributed by atoms with van der Waals surface area (Å²) in [6.45, 7) is -0.139. The van der Waals surface area contributed by atoms with Gasteiger partial charge in [-0.3, -0.25) is 9.59 Å². The third-order valence-corrected chi connectivity index (χ3v) is 4.10. The molecule has 0 spiro atoms. The van der Waals surface area contributed by atoms with Crippen molar-refractivity contribution in [1.29, 1.82) is 0 Å². The zero-order valence-electron chi connectivity index (χ0n) is 15.1. The van der Waals surface area contributed by atoms with Crippen LogP contribution < -0.4 is 10.6 Å². The molecule has 27 heavy (non-hydrogen) atoms. The summed E-state index contributed by atoms with van der Waals surface area (Å²) in [5, 5.41) is 14.3. The Morgan fingerprint density at radius 2 is 1.26 bits per heavy atom. The lowest BCUT2D eigenvalue weighted by molar-refractivity contribution is -0.141. The van der Waals surface area contributed by atoms with Crippen molar-refractivity contribution in [2.24, 2.45) is 0 Å². The average molecular weight is 368 g/mol. The van der Waals surface area contributed by atoms with E-state index in [1.165, 1.54) is 0 Å². The van der Waals surface area contributed by atoms with Crippen molar-refractivity contribution in [1.82, 2.24) is 10.6 Å². The van der Waals surface area contributed by atoms with Crippen LogP contribution in [0, 0.1) is 0 Å². The largest absolute Gasteiger partial charge is 0.480 e. The number of aliphatic carboxylic acids is 1. The van der Waals surface area contributed by atoms with Crippen LogP contribution in [0.1, 0.15) is 24.0 Å². The van der Waals surface area contributed by atoms with Crippen LogP contribution in [0.3, 0.4) is 0 Å². The van der Waals surface area contributed by atoms with Crippen molar-refractivity contribution in [2.75, 3.05) is 6.54 Å². The van der Waals surface area contributed by atoms with Gasteiger partial charge in [0.15, 0.2) is 0 Å². The molecule has 2 amide bonds. The van der Waals surface area contributed by atoms with E-state index in [4.69, 9.17) is 0 Å². The maximum atomic E-state index is 12.0. The predicted molar refractivity (Wildman–Crippen MR) is 102 cm³/mol. The Kier molecular flexibility index (Phi) is 8.03. The number of nitrogens with one attached hydrogen (secondary N) is 2. The third kappa shape index (κ3) is 7.73. The summed E-state index contributed by atoms with van der Waals surface area (Å²) in [6.07, 6.45) is 1.56. The van der Waals surface area contributed by atoms with E-state index in [9.17, 15) is 19.5 Å². The van der Waals surface area contributed by atoms with E-state index in [0.717, 1.165) is 11.1 Å². The summed E-state index contributed by atoms with van der Waals surface area (Å²) in [5.41, 5.74) is 2.05. The maximum absolute atomic E-state index is 12.0. The van der Waals surface area contributed by atoms with E-state index in [0.29, 0.717) is 12.8 Å². The Hall–Kier alpha value is -3.15. The van der Waals surface area contributed by atoms with Gasteiger partial charge < -0.3 is 15.7 Å². The Morgan fingerprint density at radius 1 is 0.778 bits per heavy atom. The van der Waals surface area contributed by atoms with Gasteiger partial charge in [0, 0.05) is 19.4 Å². The monoisotopic (exact) mass is 368 g/mol. The summed E-state index contributed by atoms with van der Waals surface area (Å²) < 4.78 is 0. The van der Waals surface area contributed by atoms with Gasteiger partial charge in [-0.25, -0.2) is 4.79 Å². The van der Waals surface area contributed by atoms with Crippen molar-refractivity contribution in [3.8, 4) is 0 Å². The summed E-state index contributed by atoms with van der Waals surface area (Å²) in [5.74, 6) is -1.78. The summed E-state index contributed by atoms with van der Waals surface area (Å²) in [6, 6.07) is 17.9. The van der Waals surface area contributed by atoms with Crippen LogP contribution in [0.4, 0.5) is 0 Å². The average Bonchev–Trinajstić information content (AvgIpc) is 2.69. The number of hydrogen-bond acceptors (Lipinski definition) is 3. The molecule has 142 valence electrons. The molecule has 0 saturated heterocycles. The fourth-order valence-corrected chi connectivity index (χ4v) is 2.58. The van der Waals surface area contributed by atoms with E-state index in [2.05, 4.69) is 10.6 Å². The van der Waals surface area contributed by atoms with Gasteiger partial charge >= 0.3 is 5.97 Å².